The summed E-state index contributed by atoms with van der Waals surface area (Å²) in [5.41, 5.74) is 3.58. The fraction of sp³-hybridized carbons (Fsp3) is 0.333. The molecule has 5 rings (SSSR count). The summed E-state index contributed by atoms with van der Waals surface area (Å²) in [6.45, 7) is 5.58. The Balaban J connectivity index is 1.67. The first-order valence-corrected chi connectivity index (χ1v) is 12.3. The van der Waals surface area contributed by atoms with Crippen LogP contribution in [-0.4, -0.2) is 43.1 Å². The van der Waals surface area contributed by atoms with Crippen molar-refractivity contribution in [1.82, 2.24) is 18.7 Å². The Labute approximate surface area is 212 Å². The Kier molecular flexibility index (Phi) is 6.10. The van der Waals surface area contributed by atoms with Gasteiger partial charge in [-0.05, 0) is 68.5 Å². The van der Waals surface area contributed by atoms with Crippen molar-refractivity contribution in [3.63, 3.8) is 0 Å². The number of nitrogens with one attached hydrogen (secondary N) is 1. The molecule has 10 nitrogen and oxygen atoms in total. The van der Waals surface area contributed by atoms with Crippen LogP contribution in [0.5, 0.6) is 5.88 Å². The number of H-pyrrole nitrogens is 1. The minimum Gasteiger partial charge on any atom is -0.493 e. The molecule has 0 saturated carbocycles. The van der Waals surface area contributed by atoms with Crippen LogP contribution in [0, 0.1) is 13.8 Å². The second kappa shape index (κ2) is 9.27. The summed E-state index contributed by atoms with van der Waals surface area (Å²) >= 11 is 0. The highest BCUT2D eigenvalue weighted by molar-refractivity contribution is 5.92. The van der Waals surface area contributed by atoms with Gasteiger partial charge in [0.1, 0.15) is 5.56 Å². The predicted molar refractivity (Wildman–Crippen MR) is 145 cm³/mol. The van der Waals surface area contributed by atoms with Gasteiger partial charge in [0, 0.05) is 33.4 Å². The van der Waals surface area contributed by atoms with Gasteiger partial charge in [-0.2, -0.15) is 0 Å². The molecule has 0 atom stereocenters. The molecule has 37 heavy (non-hydrogen) atoms. The zero-order valence-electron chi connectivity index (χ0n) is 21.4. The van der Waals surface area contributed by atoms with Gasteiger partial charge in [-0.1, -0.05) is 6.07 Å². The van der Waals surface area contributed by atoms with E-state index in [0.29, 0.717) is 16.9 Å². The summed E-state index contributed by atoms with van der Waals surface area (Å²) in [7, 11) is 3.44. The number of aromatic hydroxyl groups is 1. The van der Waals surface area contributed by atoms with Gasteiger partial charge in [-0.25, -0.2) is 14.2 Å². The number of aromatic nitrogens is 4. The van der Waals surface area contributed by atoms with Gasteiger partial charge in [-0.15, -0.1) is 0 Å². The minimum absolute atomic E-state index is 0.135. The summed E-state index contributed by atoms with van der Waals surface area (Å²) in [6.07, 6.45) is 4.54. The van der Waals surface area contributed by atoms with Crippen molar-refractivity contribution < 1.29 is 5.11 Å². The zero-order chi connectivity index (χ0) is 26.4. The maximum absolute atomic E-state index is 12.7. The van der Waals surface area contributed by atoms with Crippen molar-refractivity contribution in [3.8, 4) is 11.6 Å². The summed E-state index contributed by atoms with van der Waals surface area (Å²) < 4.78 is 4.22. The van der Waals surface area contributed by atoms with Gasteiger partial charge in [0.15, 0.2) is 0 Å². The van der Waals surface area contributed by atoms with Crippen molar-refractivity contribution in [3.05, 3.63) is 78.3 Å². The van der Waals surface area contributed by atoms with Crippen molar-refractivity contribution in [2.75, 3.05) is 18.0 Å². The van der Waals surface area contributed by atoms with E-state index in [1.165, 1.54) is 6.21 Å². The van der Waals surface area contributed by atoms with Crippen LogP contribution in [0.1, 0.15) is 36.0 Å². The van der Waals surface area contributed by atoms with E-state index < -0.39 is 17.1 Å². The average molecular weight is 503 g/mol. The number of benzene rings is 2. The van der Waals surface area contributed by atoms with Crippen molar-refractivity contribution >= 4 is 28.6 Å². The lowest BCUT2D eigenvalue weighted by atomic mass is 10.1. The zero-order valence-corrected chi connectivity index (χ0v) is 21.4. The van der Waals surface area contributed by atoms with E-state index in [0.717, 1.165) is 59.3 Å². The Morgan fingerprint density at radius 2 is 1.59 bits per heavy atom. The smallest absolute Gasteiger partial charge is 0.335 e. The molecule has 3 heterocycles. The van der Waals surface area contributed by atoms with Crippen molar-refractivity contribution in [2.24, 2.45) is 19.1 Å². The quantitative estimate of drug-likeness (QED) is 0.416. The summed E-state index contributed by atoms with van der Waals surface area (Å²) in [6, 6.07) is 9.10. The van der Waals surface area contributed by atoms with Gasteiger partial charge in [0.25, 0.3) is 5.56 Å². The fourth-order valence-electron chi connectivity index (χ4n) is 4.91. The highest BCUT2D eigenvalue weighted by Crippen LogP contribution is 2.35. The van der Waals surface area contributed by atoms with Crippen LogP contribution in [0.4, 0.5) is 11.4 Å². The van der Waals surface area contributed by atoms with Crippen LogP contribution < -0.4 is 21.8 Å². The molecule has 0 spiro atoms. The first kappa shape index (κ1) is 24.4. The molecule has 0 bridgehead atoms. The number of aliphatic imine (C=N–C) groups is 1. The highest BCUT2D eigenvalue weighted by atomic mass is 16.3. The van der Waals surface area contributed by atoms with E-state index >= 15 is 0 Å². The van der Waals surface area contributed by atoms with E-state index in [-0.39, 0.29) is 11.3 Å². The second-order valence-electron chi connectivity index (χ2n) is 9.64. The van der Waals surface area contributed by atoms with Crippen LogP contribution >= 0.6 is 0 Å². The topological polar surface area (TPSA) is 118 Å². The van der Waals surface area contributed by atoms with E-state index in [4.69, 9.17) is 0 Å². The number of anilines is 1. The molecule has 1 fully saturated rings. The lowest BCUT2D eigenvalue weighted by Gasteiger charge is -2.30. The molecule has 0 amide bonds. The Morgan fingerprint density at radius 1 is 0.919 bits per heavy atom. The number of rotatable bonds is 4. The number of piperidine rings is 1. The van der Waals surface area contributed by atoms with Crippen LogP contribution in [-0.2, 0) is 14.1 Å². The third-order valence-electron chi connectivity index (χ3n) is 7.27. The largest absolute Gasteiger partial charge is 0.493 e. The molecular weight excluding hydrogens is 472 g/mol. The van der Waals surface area contributed by atoms with Crippen LogP contribution in [0.15, 0.2) is 49.7 Å². The van der Waals surface area contributed by atoms with E-state index in [9.17, 15) is 19.5 Å². The minimum atomic E-state index is -0.738. The molecule has 2 aromatic carbocycles. The molecule has 0 aliphatic carbocycles. The number of nitrogens with zero attached hydrogens (tertiary/aromatic N) is 5. The second-order valence-corrected chi connectivity index (χ2v) is 9.64. The van der Waals surface area contributed by atoms with Gasteiger partial charge >= 0.3 is 11.4 Å². The van der Waals surface area contributed by atoms with Gasteiger partial charge in [-0.3, -0.25) is 23.9 Å². The maximum atomic E-state index is 12.7. The molecule has 10 heteroatoms. The normalized spacial score (nSPS) is 14.2. The molecule has 2 aromatic heterocycles. The Bertz CT molecular complexity index is 1730. The summed E-state index contributed by atoms with van der Waals surface area (Å²) in [5.74, 6) is -0.492. The summed E-state index contributed by atoms with van der Waals surface area (Å²) in [4.78, 5) is 47.0. The Hall–Kier alpha value is -4.34. The van der Waals surface area contributed by atoms with Crippen LogP contribution in [0.3, 0.4) is 0 Å². The maximum Gasteiger partial charge on any atom is 0.335 e. The average Bonchev–Trinajstić information content (AvgIpc) is 3.09. The van der Waals surface area contributed by atoms with Gasteiger partial charge in [0.2, 0.25) is 5.88 Å². The molecule has 0 unspecified atom stereocenters. The number of aryl methyl sites for hydroxylation is 4. The summed E-state index contributed by atoms with van der Waals surface area (Å²) in [5, 5.41) is 11.0. The Morgan fingerprint density at radius 3 is 2.27 bits per heavy atom. The van der Waals surface area contributed by atoms with Gasteiger partial charge < -0.3 is 10.0 Å². The van der Waals surface area contributed by atoms with Crippen LogP contribution in [0.25, 0.3) is 16.7 Å². The number of aromatic amines is 1. The third kappa shape index (κ3) is 4.18. The lowest BCUT2D eigenvalue weighted by Crippen LogP contribution is -2.31. The number of fused-ring (bicyclic) bond motifs is 1. The molecule has 1 saturated heterocycles. The predicted octanol–water partition coefficient (Wildman–Crippen LogP) is 2.78. The SMILES string of the molecule is Cc1ccc(-n2c(O)c(C=Nc3cc4c(cc3N3CCCCC3)n(C)c(=O)n4C)c(=O)[nH]c2=O)cc1C. The van der Waals surface area contributed by atoms with Gasteiger partial charge in [0.05, 0.1) is 28.1 Å². The number of hydrogen-bond donors (Lipinski definition) is 2. The number of imidazole rings is 1. The molecule has 4 aromatic rings. The molecule has 0 radical (unpaired) electrons. The van der Waals surface area contributed by atoms with E-state index in [1.54, 1.807) is 35.4 Å². The fourth-order valence-corrected chi connectivity index (χ4v) is 4.91. The molecule has 192 valence electrons. The van der Waals surface area contributed by atoms with Crippen molar-refractivity contribution in [2.45, 2.75) is 33.1 Å². The van der Waals surface area contributed by atoms with E-state index in [2.05, 4.69) is 14.9 Å². The molecule has 1 aliphatic rings. The first-order valence-electron chi connectivity index (χ1n) is 12.3. The highest BCUT2D eigenvalue weighted by Gasteiger charge is 2.19. The molecular formula is C27H30N6O4. The number of hydrogen-bond acceptors (Lipinski definition) is 6. The standard InChI is InChI=1S/C27H30N6O4/c1-16-8-9-18(12-17(16)2)33-25(35)19(24(34)29-26(33)36)15-28-20-13-22-23(31(4)27(37)30(22)3)14-21(20)32-10-6-5-7-11-32/h8-9,12-15,35H,5-7,10-11H2,1-4H3,(H,29,34,36). The lowest BCUT2D eigenvalue weighted by molar-refractivity contribution is 0.430. The van der Waals surface area contributed by atoms with E-state index in [1.807, 2.05) is 32.0 Å². The van der Waals surface area contributed by atoms with Crippen LogP contribution in [0.2, 0.25) is 0 Å². The first-order chi connectivity index (χ1) is 17.7. The molecule has 2 N–H and O–H groups in total. The van der Waals surface area contributed by atoms with Crippen molar-refractivity contribution in [1.29, 1.82) is 0 Å². The third-order valence-corrected chi connectivity index (χ3v) is 7.27. The monoisotopic (exact) mass is 502 g/mol. The molecule has 1 aliphatic heterocycles.